The zero-order valence-corrected chi connectivity index (χ0v) is 20.7. The third-order valence-electron chi connectivity index (χ3n) is 7.86. The number of nitrogens with zero attached hydrogens (tertiary/aromatic N) is 1. The maximum atomic E-state index is 4.54. The van der Waals surface area contributed by atoms with Crippen molar-refractivity contribution in [1.82, 2.24) is 4.98 Å². The Morgan fingerprint density at radius 3 is 1.71 bits per heavy atom. The van der Waals surface area contributed by atoms with Crippen LogP contribution in [-0.4, -0.2) is 4.98 Å². The Bertz CT molecular complexity index is 2090. The number of rotatable bonds is 3. The molecular weight excluding hydrogens is 458 g/mol. The van der Waals surface area contributed by atoms with Gasteiger partial charge in [0.15, 0.2) is 0 Å². The van der Waals surface area contributed by atoms with Crippen LogP contribution in [0.3, 0.4) is 0 Å². The van der Waals surface area contributed by atoms with Gasteiger partial charge in [-0.2, -0.15) is 0 Å². The van der Waals surface area contributed by atoms with Crippen molar-refractivity contribution < 1.29 is 0 Å². The molecule has 1 aromatic heterocycles. The minimum Gasteiger partial charge on any atom is -0.256 e. The standard InChI is InChI=1S/C37H23N/c1-2-7-29-22-30(16-11-24(29)6-1)34-23-33(25-12-14-26(15-13-25)35-10-3-4-21-38-35)31-19-17-27-8-5-9-28-18-20-32(34)37(31)36(27)28/h1-23H. The quantitative estimate of drug-likeness (QED) is 0.229. The molecule has 0 bridgehead atoms. The Balaban J connectivity index is 1.43. The first-order chi connectivity index (χ1) is 18.8. The van der Waals surface area contributed by atoms with Gasteiger partial charge in [-0.05, 0) is 89.6 Å². The topological polar surface area (TPSA) is 12.9 Å². The lowest BCUT2D eigenvalue weighted by Gasteiger charge is -2.18. The molecule has 8 rings (SSSR count). The molecule has 0 radical (unpaired) electrons. The minimum absolute atomic E-state index is 0.992. The highest BCUT2D eigenvalue weighted by atomic mass is 14.7. The molecule has 0 spiro atoms. The fourth-order valence-corrected chi connectivity index (χ4v) is 6.02. The van der Waals surface area contributed by atoms with Crippen LogP contribution < -0.4 is 0 Å². The lowest BCUT2D eigenvalue weighted by Crippen LogP contribution is -1.91. The van der Waals surface area contributed by atoms with Crippen molar-refractivity contribution in [2.45, 2.75) is 0 Å². The Morgan fingerprint density at radius 1 is 0.368 bits per heavy atom. The molecule has 1 heteroatoms. The van der Waals surface area contributed by atoms with Crippen molar-refractivity contribution >= 4 is 43.1 Å². The molecule has 0 aliphatic rings. The van der Waals surface area contributed by atoms with Crippen LogP contribution in [0.25, 0.3) is 76.6 Å². The largest absolute Gasteiger partial charge is 0.256 e. The van der Waals surface area contributed by atoms with E-state index in [9.17, 15) is 0 Å². The summed E-state index contributed by atoms with van der Waals surface area (Å²) in [5.41, 5.74) is 7.10. The van der Waals surface area contributed by atoms with Crippen LogP contribution in [0.15, 0.2) is 140 Å². The summed E-state index contributed by atoms with van der Waals surface area (Å²) < 4.78 is 0. The van der Waals surface area contributed by atoms with Crippen molar-refractivity contribution in [3.8, 4) is 33.5 Å². The Hall–Kier alpha value is -5.01. The van der Waals surface area contributed by atoms with Gasteiger partial charge in [0, 0.05) is 11.8 Å². The van der Waals surface area contributed by atoms with Gasteiger partial charge >= 0.3 is 0 Å². The van der Waals surface area contributed by atoms with Crippen LogP contribution in [0.1, 0.15) is 0 Å². The number of hydrogen-bond acceptors (Lipinski definition) is 1. The summed E-state index contributed by atoms with van der Waals surface area (Å²) in [7, 11) is 0. The third-order valence-corrected chi connectivity index (χ3v) is 7.86. The number of fused-ring (bicyclic) bond motifs is 1. The average Bonchev–Trinajstić information content (AvgIpc) is 3.00. The predicted molar refractivity (Wildman–Crippen MR) is 162 cm³/mol. The molecule has 38 heavy (non-hydrogen) atoms. The Morgan fingerprint density at radius 2 is 0.974 bits per heavy atom. The van der Waals surface area contributed by atoms with Gasteiger partial charge in [-0.15, -0.1) is 0 Å². The fraction of sp³-hybridized carbons (Fsp3) is 0. The van der Waals surface area contributed by atoms with Gasteiger partial charge in [0.2, 0.25) is 0 Å². The molecule has 0 fully saturated rings. The fourth-order valence-electron chi connectivity index (χ4n) is 6.02. The number of hydrogen-bond donors (Lipinski definition) is 0. The second kappa shape index (κ2) is 8.26. The van der Waals surface area contributed by atoms with Crippen molar-refractivity contribution in [2.24, 2.45) is 0 Å². The van der Waals surface area contributed by atoms with Crippen LogP contribution in [0.4, 0.5) is 0 Å². The molecule has 1 nitrogen and oxygen atoms in total. The second-order valence-corrected chi connectivity index (χ2v) is 10.0. The monoisotopic (exact) mass is 481 g/mol. The number of pyridine rings is 1. The molecule has 0 saturated heterocycles. The molecule has 0 aliphatic heterocycles. The molecule has 0 N–H and O–H groups in total. The van der Waals surface area contributed by atoms with Crippen LogP contribution in [0, 0.1) is 0 Å². The zero-order chi connectivity index (χ0) is 25.1. The van der Waals surface area contributed by atoms with Crippen molar-refractivity contribution in [3.05, 3.63) is 140 Å². The molecule has 0 unspecified atom stereocenters. The maximum absolute atomic E-state index is 4.54. The van der Waals surface area contributed by atoms with Crippen LogP contribution in [0.5, 0.6) is 0 Å². The average molecular weight is 482 g/mol. The summed E-state index contributed by atoms with van der Waals surface area (Å²) in [6.45, 7) is 0. The first kappa shape index (κ1) is 21.1. The molecule has 0 atom stereocenters. The predicted octanol–water partition coefficient (Wildman–Crippen LogP) is 10.1. The van der Waals surface area contributed by atoms with E-state index < -0.39 is 0 Å². The van der Waals surface area contributed by atoms with Gasteiger partial charge < -0.3 is 0 Å². The van der Waals surface area contributed by atoms with Crippen LogP contribution in [0.2, 0.25) is 0 Å². The molecule has 0 saturated carbocycles. The van der Waals surface area contributed by atoms with Gasteiger partial charge in [0.05, 0.1) is 5.69 Å². The lowest BCUT2D eigenvalue weighted by molar-refractivity contribution is 1.33. The highest BCUT2D eigenvalue weighted by Gasteiger charge is 2.17. The molecule has 176 valence electrons. The van der Waals surface area contributed by atoms with Crippen molar-refractivity contribution in [2.75, 3.05) is 0 Å². The van der Waals surface area contributed by atoms with E-state index in [2.05, 4.69) is 126 Å². The number of aromatic nitrogens is 1. The summed E-state index contributed by atoms with van der Waals surface area (Å²) in [5, 5.41) is 10.4. The van der Waals surface area contributed by atoms with E-state index in [1.807, 2.05) is 18.3 Å². The molecule has 1 heterocycles. The smallest absolute Gasteiger partial charge is 0.0701 e. The Kier molecular flexibility index (Phi) is 4.59. The van der Waals surface area contributed by atoms with Crippen molar-refractivity contribution in [3.63, 3.8) is 0 Å². The summed E-state index contributed by atoms with van der Waals surface area (Å²) in [6.07, 6.45) is 1.85. The molecule has 0 amide bonds. The summed E-state index contributed by atoms with van der Waals surface area (Å²) >= 11 is 0. The van der Waals surface area contributed by atoms with E-state index in [0.29, 0.717) is 0 Å². The summed E-state index contributed by atoms with van der Waals surface area (Å²) in [6, 6.07) is 48.5. The van der Waals surface area contributed by atoms with E-state index in [1.54, 1.807) is 0 Å². The molecule has 7 aromatic carbocycles. The van der Waals surface area contributed by atoms with Gasteiger partial charge in [-0.3, -0.25) is 4.98 Å². The van der Waals surface area contributed by atoms with E-state index in [1.165, 1.54) is 65.3 Å². The molecule has 8 aromatic rings. The Labute approximate surface area is 221 Å². The highest BCUT2D eigenvalue weighted by molar-refractivity contribution is 6.28. The summed E-state index contributed by atoms with van der Waals surface area (Å²) in [5.74, 6) is 0. The zero-order valence-electron chi connectivity index (χ0n) is 20.7. The maximum Gasteiger partial charge on any atom is 0.0701 e. The van der Waals surface area contributed by atoms with Crippen LogP contribution in [-0.2, 0) is 0 Å². The van der Waals surface area contributed by atoms with Crippen LogP contribution >= 0.6 is 0 Å². The van der Waals surface area contributed by atoms with Gasteiger partial charge in [-0.25, -0.2) is 0 Å². The number of benzene rings is 7. The minimum atomic E-state index is 0.992. The van der Waals surface area contributed by atoms with Gasteiger partial charge in [0.25, 0.3) is 0 Å². The lowest BCUT2D eigenvalue weighted by atomic mass is 9.85. The van der Waals surface area contributed by atoms with E-state index in [0.717, 1.165) is 11.3 Å². The SMILES string of the molecule is c1ccc(-c2ccc(-c3cc(-c4ccc5ccccc5c4)c4ccc5cccc6ccc3c4c65)cc2)nc1. The molecular formula is C37H23N. The highest BCUT2D eigenvalue weighted by Crippen LogP contribution is 2.44. The van der Waals surface area contributed by atoms with Crippen molar-refractivity contribution in [1.29, 1.82) is 0 Å². The van der Waals surface area contributed by atoms with Gasteiger partial charge in [0.1, 0.15) is 0 Å². The van der Waals surface area contributed by atoms with E-state index in [4.69, 9.17) is 0 Å². The second-order valence-electron chi connectivity index (χ2n) is 10.0. The molecule has 0 aliphatic carbocycles. The summed E-state index contributed by atoms with van der Waals surface area (Å²) in [4.78, 5) is 4.54. The normalized spacial score (nSPS) is 11.7. The first-order valence-corrected chi connectivity index (χ1v) is 13.0. The third kappa shape index (κ3) is 3.22. The van der Waals surface area contributed by atoms with Gasteiger partial charge in [-0.1, -0.05) is 109 Å². The van der Waals surface area contributed by atoms with E-state index in [-0.39, 0.29) is 0 Å². The first-order valence-electron chi connectivity index (χ1n) is 13.0. The van der Waals surface area contributed by atoms with E-state index >= 15 is 0 Å².